The van der Waals surface area contributed by atoms with Crippen LogP contribution in [-0.4, -0.2) is 25.1 Å². The van der Waals surface area contributed by atoms with Gasteiger partial charge in [-0.15, -0.1) is 0 Å². The van der Waals surface area contributed by atoms with Crippen molar-refractivity contribution < 1.29 is 17.4 Å². The van der Waals surface area contributed by atoms with Gasteiger partial charge in [-0.05, 0) is 20.3 Å². The Labute approximate surface area is 111 Å². The Kier molecular flexibility index (Phi) is 4.78. The first kappa shape index (κ1) is 15.7. The van der Waals surface area contributed by atoms with Gasteiger partial charge in [-0.25, -0.2) is 14.2 Å². The smallest absolute Gasteiger partial charge is 0.234 e. The van der Waals surface area contributed by atoms with Gasteiger partial charge in [0.2, 0.25) is 5.82 Å². The van der Waals surface area contributed by atoms with E-state index in [1.54, 1.807) is 13.8 Å². The van der Waals surface area contributed by atoms with Crippen LogP contribution in [0.25, 0.3) is 0 Å². The highest BCUT2D eigenvalue weighted by atomic mass is 32.2. The van der Waals surface area contributed by atoms with E-state index in [4.69, 9.17) is 0 Å². The molecule has 4 nitrogen and oxygen atoms in total. The Morgan fingerprint density at radius 3 is 2.26 bits per heavy atom. The van der Waals surface area contributed by atoms with Crippen molar-refractivity contribution in [2.24, 2.45) is 4.40 Å². The molecule has 1 aromatic heterocycles. The number of hydrogen-bond donors (Lipinski definition) is 0. The molecule has 0 unspecified atom stereocenters. The van der Waals surface area contributed by atoms with Crippen LogP contribution >= 0.6 is 0 Å². The minimum atomic E-state index is -4.57. The summed E-state index contributed by atoms with van der Waals surface area (Å²) >= 11 is 0. The maximum absolute atomic E-state index is 12.2. The molecule has 8 heteroatoms. The minimum Gasteiger partial charge on any atom is -0.234 e. The lowest BCUT2D eigenvalue weighted by atomic mass is 10.1. The van der Waals surface area contributed by atoms with Crippen LogP contribution in [0.1, 0.15) is 38.6 Å². The summed E-state index contributed by atoms with van der Waals surface area (Å²) in [6.07, 6.45) is -0.693. The second-order valence-corrected chi connectivity index (χ2v) is 6.25. The third-order valence-corrected chi connectivity index (χ3v) is 4.08. The Morgan fingerprint density at radius 2 is 1.84 bits per heavy atom. The molecule has 1 rings (SSSR count). The molecule has 0 radical (unpaired) electrons. The van der Waals surface area contributed by atoms with Crippen LogP contribution in [0.15, 0.2) is 16.8 Å². The number of hydrogen-bond acceptors (Lipinski definition) is 3. The molecule has 0 bridgehead atoms. The summed E-state index contributed by atoms with van der Waals surface area (Å²) in [5.41, 5.74) is 0.272. The van der Waals surface area contributed by atoms with E-state index in [9.17, 15) is 17.4 Å². The molecule has 0 aliphatic heterocycles. The van der Waals surface area contributed by atoms with E-state index in [1.807, 2.05) is 6.92 Å². The lowest BCUT2D eigenvalue weighted by molar-refractivity contribution is -0.145. The molecule has 0 saturated carbocycles. The van der Waals surface area contributed by atoms with E-state index in [1.165, 1.54) is 6.21 Å². The van der Waals surface area contributed by atoms with Crippen LogP contribution in [0.4, 0.5) is 13.2 Å². The third kappa shape index (κ3) is 4.38. The SMILES string of the molecule is CCC(C)(C)[S@@](=O)N=Cc1cnc(C(F)(F)F)nc1. The van der Waals surface area contributed by atoms with E-state index in [-0.39, 0.29) is 5.56 Å². The normalized spacial score (nSPS) is 14.8. The molecule has 0 fully saturated rings. The number of alkyl halides is 3. The highest BCUT2D eigenvalue weighted by molar-refractivity contribution is 7.85. The van der Waals surface area contributed by atoms with E-state index in [0.29, 0.717) is 6.42 Å². The van der Waals surface area contributed by atoms with Crippen LogP contribution in [0.2, 0.25) is 0 Å². The first-order chi connectivity index (χ1) is 8.66. The largest absolute Gasteiger partial charge is 0.451 e. The number of rotatable bonds is 4. The second kappa shape index (κ2) is 5.77. The molecule has 0 amide bonds. The molecule has 0 aromatic carbocycles. The summed E-state index contributed by atoms with van der Waals surface area (Å²) in [5.74, 6) is -1.21. The molecular formula is C11H14F3N3OS. The first-order valence-corrected chi connectivity index (χ1v) is 6.63. The Bertz CT molecular complexity index is 483. The standard InChI is InChI=1S/C11H14F3N3OS/c1-4-10(2,3)19(18)17-7-8-5-15-9(16-6-8)11(12,13)14/h5-7H,4H2,1-3H3/t19-/m1/s1. The molecule has 0 N–H and O–H groups in total. The lowest BCUT2D eigenvalue weighted by Gasteiger charge is -2.17. The summed E-state index contributed by atoms with van der Waals surface area (Å²) in [7, 11) is -1.46. The summed E-state index contributed by atoms with van der Waals surface area (Å²) in [4.78, 5) is 6.37. The average Bonchev–Trinajstić information content (AvgIpc) is 2.35. The van der Waals surface area contributed by atoms with Crippen molar-refractivity contribution in [1.82, 2.24) is 9.97 Å². The van der Waals surface area contributed by atoms with Crippen LogP contribution in [0.3, 0.4) is 0 Å². The fraction of sp³-hybridized carbons (Fsp3) is 0.545. The van der Waals surface area contributed by atoms with Crippen molar-refractivity contribution in [2.75, 3.05) is 0 Å². The predicted molar refractivity (Wildman–Crippen MR) is 67.1 cm³/mol. The van der Waals surface area contributed by atoms with Crippen molar-refractivity contribution in [3.63, 3.8) is 0 Å². The third-order valence-electron chi connectivity index (χ3n) is 2.55. The summed E-state index contributed by atoms with van der Waals surface area (Å²) in [6.45, 7) is 5.47. The maximum atomic E-state index is 12.2. The zero-order valence-corrected chi connectivity index (χ0v) is 11.5. The van der Waals surface area contributed by atoms with Crippen molar-refractivity contribution in [2.45, 2.75) is 38.1 Å². The van der Waals surface area contributed by atoms with Gasteiger partial charge in [0.25, 0.3) is 0 Å². The molecule has 1 aromatic rings. The quantitative estimate of drug-likeness (QED) is 0.802. The molecule has 0 spiro atoms. The predicted octanol–water partition coefficient (Wildman–Crippen LogP) is 2.77. The van der Waals surface area contributed by atoms with Crippen molar-refractivity contribution in [1.29, 1.82) is 0 Å². The Balaban J connectivity index is 2.82. The monoisotopic (exact) mass is 293 g/mol. The molecule has 106 valence electrons. The summed E-state index contributed by atoms with van der Waals surface area (Å²) in [6, 6.07) is 0. The van der Waals surface area contributed by atoms with Crippen LogP contribution < -0.4 is 0 Å². The van der Waals surface area contributed by atoms with E-state index in [0.717, 1.165) is 12.4 Å². The molecule has 1 atom stereocenters. The highest BCUT2D eigenvalue weighted by Gasteiger charge is 2.34. The fourth-order valence-corrected chi connectivity index (χ4v) is 1.68. The van der Waals surface area contributed by atoms with Gasteiger partial charge in [0.05, 0.1) is 4.75 Å². The van der Waals surface area contributed by atoms with Crippen molar-refractivity contribution in [3.8, 4) is 0 Å². The van der Waals surface area contributed by atoms with E-state index < -0.39 is 27.7 Å². The van der Waals surface area contributed by atoms with Gasteiger partial charge in [0.15, 0.2) is 0 Å². The van der Waals surface area contributed by atoms with Crippen LogP contribution in [0.5, 0.6) is 0 Å². The van der Waals surface area contributed by atoms with Gasteiger partial charge in [-0.3, -0.25) is 0 Å². The minimum absolute atomic E-state index is 0.272. The molecule has 0 saturated heterocycles. The van der Waals surface area contributed by atoms with Crippen molar-refractivity contribution >= 4 is 17.2 Å². The van der Waals surface area contributed by atoms with Gasteiger partial charge in [0, 0.05) is 24.2 Å². The lowest BCUT2D eigenvalue weighted by Crippen LogP contribution is -2.23. The zero-order chi connectivity index (χ0) is 14.7. The maximum Gasteiger partial charge on any atom is 0.451 e. The summed E-state index contributed by atoms with van der Waals surface area (Å²) < 4.78 is 51.8. The van der Waals surface area contributed by atoms with Gasteiger partial charge >= 0.3 is 6.18 Å². The fourth-order valence-electron chi connectivity index (χ4n) is 0.926. The molecule has 1 heterocycles. The second-order valence-electron chi connectivity index (χ2n) is 4.43. The number of aromatic nitrogens is 2. The first-order valence-electron chi connectivity index (χ1n) is 5.52. The average molecular weight is 293 g/mol. The van der Waals surface area contributed by atoms with E-state index in [2.05, 4.69) is 14.4 Å². The van der Waals surface area contributed by atoms with Crippen LogP contribution in [-0.2, 0) is 17.2 Å². The van der Waals surface area contributed by atoms with Crippen molar-refractivity contribution in [3.05, 3.63) is 23.8 Å². The van der Waals surface area contributed by atoms with Gasteiger partial charge in [0.1, 0.15) is 11.0 Å². The number of halogens is 3. The topological polar surface area (TPSA) is 55.2 Å². The van der Waals surface area contributed by atoms with Gasteiger partial charge in [-0.2, -0.15) is 17.6 Å². The molecular weight excluding hydrogens is 279 g/mol. The molecule has 0 aliphatic rings. The van der Waals surface area contributed by atoms with Crippen LogP contribution in [0, 0.1) is 0 Å². The van der Waals surface area contributed by atoms with Gasteiger partial charge in [-0.1, -0.05) is 6.92 Å². The highest BCUT2D eigenvalue weighted by Crippen LogP contribution is 2.25. The Hall–Kier alpha value is -1.31. The van der Waals surface area contributed by atoms with Gasteiger partial charge < -0.3 is 0 Å². The molecule has 0 aliphatic carbocycles. The Morgan fingerprint density at radius 1 is 1.32 bits per heavy atom. The zero-order valence-electron chi connectivity index (χ0n) is 10.7. The summed E-state index contributed by atoms with van der Waals surface area (Å²) in [5, 5.41) is 0. The number of nitrogens with zero attached hydrogens (tertiary/aromatic N) is 3. The molecule has 19 heavy (non-hydrogen) atoms. The van der Waals surface area contributed by atoms with E-state index >= 15 is 0 Å².